The van der Waals surface area contributed by atoms with Gasteiger partial charge in [-0.1, -0.05) is 27.2 Å². The van der Waals surface area contributed by atoms with Gasteiger partial charge in [0.05, 0.1) is 6.10 Å². The van der Waals surface area contributed by atoms with Crippen molar-refractivity contribution >= 4 is 12.1 Å². The summed E-state index contributed by atoms with van der Waals surface area (Å²) < 4.78 is 9.97. The molecular weight excluding hydrogens is 306 g/mol. The number of esters is 1. The summed E-state index contributed by atoms with van der Waals surface area (Å²) in [6.45, 7) is 18.7. The van der Waals surface area contributed by atoms with E-state index in [4.69, 9.17) is 4.74 Å². The third-order valence-corrected chi connectivity index (χ3v) is 3.15. The molecule has 0 N–H and O–H groups in total. The average molecular weight is 346 g/mol. The van der Waals surface area contributed by atoms with E-state index in [0.29, 0.717) is 5.92 Å². The fraction of sp³-hybridized carbons (Fsp3) is 0.895. The molecular formula is C19H39NO4. The topological polar surface area (TPSA) is 55.8 Å². The minimum atomic E-state index is -0.379. The van der Waals surface area contributed by atoms with Crippen molar-refractivity contribution in [2.24, 2.45) is 5.92 Å². The van der Waals surface area contributed by atoms with Crippen molar-refractivity contribution in [3.05, 3.63) is 0 Å². The molecule has 24 heavy (non-hydrogen) atoms. The van der Waals surface area contributed by atoms with E-state index in [1.54, 1.807) is 0 Å². The lowest BCUT2D eigenvalue weighted by Gasteiger charge is -2.33. The molecule has 5 heteroatoms. The van der Waals surface area contributed by atoms with Crippen LogP contribution in [0.5, 0.6) is 0 Å². The van der Waals surface area contributed by atoms with Crippen LogP contribution in [0.1, 0.15) is 81.6 Å². The lowest BCUT2D eigenvalue weighted by molar-refractivity contribution is -0.144. The van der Waals surface area contributed by atoms with E-state index in [1.165, 1.54) is 13.3 Å². The van der Waals surface area contributed by atoms with Crippen LogP contribution in [0.2, 0.25) is 0 Å². The van der Waals surface area contributed by atoms with Gasteiger partial charge in [-0.3, -0.25) is 4.79 Å². The third-order valence-electron chi connectivity index (χ3n) is 3.15. The summed E-state index contributed by atoms with van der Waals surface area (Å²) >= 11 is 0. The molecule has 0 radical (unpaired) electrons. The molecule has 0 aromatic rings. The third kappa shape index (κ3) is 14.3. The van der Waals surface area contributed by atoms with Gasteiger partial charge in [0, 0.05) is 20.0 Å². The van der Waals surface area contributed by atoms with E-state index in [0.717, 1.165) is 25.9 Å². The fourth-order valence-corrected chi connectivity index (χ4v) is 2.22. The first-order valence-corrected chi connectivity index (χ1v) is 9.20. The molecule has 0 aromatic carbocycles. The monoisotopic (exact) mass is 345 g/mol. The second kappa shape index (κ2) is 13.1. The SMILES string of the molecule is CC.CC(=O)OC(C)C.CCC1CCCN(C(=O)OC(C)(C)C)C1. The number of hydrogen-bond donors (Lipinski definition) is 0. The largest absolute Gasteiger partial charge is 0.463 e. The fourth-order valence-electron chi connectivity index (χ4n) is 2.22. The van der Waals surface area contributed by atoms with E-state index in [1.807, 2.05) is 53.4 Å². The summed E-state index contributed by atoms with van der Waals surface area (Å²) in [5.74, 6) is 0.446. The molecule has 0 spiro atoms. The second-order valence-electron chi connectivity index (χ2n) is 7.00. The standard InChI is InChI=1S/C12H23NO2.C5H10O2.C2H6/c1-5-10-7-6-8-13(9-10)11(14)15-12(2,3)4;1-4(2)7-5(3)6;1-2/h10H,5-9H2,1-4H3;4H,1-3H3;1-2H3. The molecule has 0 aliphatic carbocycles. The van der Waals surface area contributed by atoms with Crippen molar-refractivity contribution in [3.8, 4) is 0 Å². The zero-order valence-corrected chi connectivity index (χ0v) is 17.3. The molecule has 144 valence electrons. The molecule has 0 aromatic heterocycles. The van der Waals surface area contributed by atoms with Gasteiger partial charge in [0.1, 0.15) is 5.60 Å². The molecule has 1 aliphatic heterocycles. The highest BCUT2D eigenvalue weighted by Gasteiger charge is 2.26. The second-order valence-corrected chi connectivity index (χ2v) is 7.00. The van der Waals surface area contributed by atoms with Gasteiger partial charge in [-0.05, 0) is 53.4 Å². The van der Waals surface area contributed by atoms with Crippen molar-refractivity contribution < 1.29 is 19.1 Å². The summed E-state index contributed by atoms with van der Waals surface area (Å²) in [4.78, 5) is 23.7. The highest BCUT2D eigenvalue weighted by molar-refractivity contribution is 5.68. The number of piperidine rings is 1. The molecule has 1 atom stereocenters. The molecule has 5 nitrogen and oxygen atoms in total. The van der Waals surface area contributed by atoms with E-state index >= 15 is 0 Å². The molecule has 0 saturated carbocycles. The Labute approximate surface area is 149 Å². The highest BCUT2D eigenvalue weighted by Crippen LogP contribution is 2.21. The van der Waals surface area contributed by atoms with Crippen LogP contribution in [0.3, 0.4) is 0 Å². The Balaban J connectivity index is 0. The quantitative estimate of drug-likeness (QED) is 0.659. The van der Waals surface area contributed by atoms with E-state index < -0.39 is 0 Å². The van der Waals surface area contributed by atoms with Gasteiger partial charge >= 0.3 is 12.1 Å². The van der Waals surface area contributed by atoms with Crippen LogP contribution >= 0.6 is 0 Å². The number of nitrogens with zero attached hydrogens (tertiary/aromatic N) is 1. The van der Waals surface area contributed by atoms with Gasteiger partial charge in [0.15, 0.2) is 0 Å². The Bertz CT molecular complexity index is 348. The summed E-state index contributed by atoms with van der Waals surface area (Å²) in [6, 6.07) is 0. The Morgan fingerprint density at radius 1 is 1.21 bits per heavy atom. The number of carbonyl (C=O) groups excluding carboxylic acids is 2. The first-order chi connectivity index (χ1) is 11.0. The van der Waals surface area contributed by atoms with Crippen LogP contribution in [0, 0.1) is 5.92 Å². The number of hydrogen-bond acceptors (Lipinski definition) is 4. The van der Waals surface area contributed by atoms with Gasteiger partial charge in [-0.15, -0.1) is 0 Å². The summed E-state index contributed by atoms with van der Waals surface area (Å²) in [5, 5.41) is 0. The first kappa shape index (κ1) is 25.0. The normalized spacial score (nSPS) is 17.1. The minimum absolute atomic E-state index is 0.0255. The van der Waals surface area contributed by atoms with E-state index in [9.17, 15) is 9.59 Å². The predicted molar refractivity (Wildman–Crippen MR) is 99.1 cm³/mol. The van der Waals surface area contributed by atoms with Crippen molar-refractivity contribution in [1.82, 2.24) is 4.90 Å². The number of amides is 1. The van der Waals surface area contributed by atoms with Crippen molar-refractivity contribution in [2.45, 2.75) is 93.3 Å². The molecule has 1 heterocycles. The van der Waals surface area contributed by atoms with Crippen molar-refractivity contribution in [1.29, 1.82) is 0 Å². The van der Waals surface area contributed by atoms with Crippen LogP contribution in [-0.4, -0.2) is 41.8 Å². The number of likely N-dealkylation sites (tertiary alicyclic amines) is 1. The van der Waals surface area contributed by atoms with E-state index in [2.05, 4.69) is 11.7 Å². The number of rotatable bonds is 2. The molecule has 1 rings (SSSR count). The predicted octanol–water partition coefficient (Wildman–Crippen LogP) is 5.03. The smallest absolute Gasteiger partial charge is 0.410 e. The minimum Gasteiger partial charge on any atom is -0.463 e. The Morgan fingerprint density at radius 3 is 2.08 bits per heavy atom. The van der Waals surface area contributed by atoms with Gasteiger partial charge in [-0.25, -0.2) is 4.79 Å². The average Bonchev–Trinajstić information content (AvgIpc) is 2.47. The van der Waals surface area contributed by atoms with Crippen molar-refractivity contribution in [2.75, 3.05) is 13.1 Å². The Hall–Kier alpha value is -1.26. The summed E-state index contributed by atoms with van der Waals surface area (Å²) in [7, 11) is 0. The molecule has 1 unspecified atom stereocenters. The Kier molecular flexibility index (Phi) is 13.6. The maximum Gasteiger partial charge on any atom is 0.410 e. The summed E-state index contributed by atoms with van der Waals surface area (Å²) in [6.07, 6.45) is 3.38. The summed E-state index contributed by atoms with van der Waals surface area (Å²) in [5.41, 5.74) is -0.379. The Morgan fingerprint density at radius 2 is 1.75 bits per heavy atom. The molecule has 1 amide bonds. The van der Waals surface area contributed by atoms with Crippen molar-refractivity contribution in [3.63, 3.8) is 0 Å². The number of ether oxygens (including phenoxy) is 2. The van der Waals surface area contributed by atoms with Crippen LogP contribution in [-0.2, 0) is 14.3 Å². The zero-order valence-electron chi connectivity index (χ0n) is 17.3. The van der Waals surface area contributed by atoms with Gasteiger partial charge in [0.25, 0.3) is 0 Å². The first-order valence-electron chi connectivity index (χ1n) is 9.20. The van der Waals surface area contributed by atoms with Crippen LogP contribution in [0.25, 0.3) is 0 Å². The van der Waals surface area contributed by atoms with Gasteiger partial charge in [-0.2, -0.15) is 0 Å². The maximum atomic E-state index is 11.8. The molecule has 1 aliphatic rings. The lowest BCUT2D eigenvalue weighted by Crippen LogP contribution is -2.42. The van der Waals surface area contributed by atoms with E-state index in [-0.39, 0.29) is 23.8 Å². The molecule has 1 fully saturated rings. The molecule has 0 bridgehead atoms. The zero-order chi connectivity index (χ0) is 19.3. The number of carbonyl (C=O) groups is 2. The molecule has 1 saturated heterocycles. The van der Waals surface area contributed by atoms with Crippen LogP contribution in [0.15, 0.2) is 0 Å². The highest BCUT2D eigenvalue weighted by atomic mass is 16.6. The van der Waals surface area contributed by atoms with Gasteiger partial charge in [0.2, 0.25) is 0 Å². The van der Waals surface area contributed by atoms with Crippen LogP contribution < -0.4 is 0 Å². The lowest BCUT2D eigenvalue weighted by atomic mass is 9.96. The van der Waals surface area contributed by atoms with Gasteiger partial charge < -0.3 is 14.4 Å². The maximum absolute atomic E-state index is 11.8. The van der Waals surface area contributed by atoms with Crippen LogP contribution in [0.4, 0.5) is 4.79 Å².